The molecule has 0 saturated heterocycles. The molecule has 14 heavy (non-hydrogen) atoms. The van der Waals surface area contributed by atoms with Crippen LogP contribution in [0.4, 0.5) is 0 Å². The Morgan fingerprint density at radius 3 is 2.57 bits per heavy atom. The highest BCUT2D eigenvalue weighted by Crippen LogP contribution is 2.28. The van der Waals surface area contributed by atoms with Crippen molar-refractivity contribution in [3.63, 3.8) is 0 Å². The molecule has 0 heterocycles. The van der Waals surface area contributed by atoms with E-state index in [0.717, 1.165) is 18.4 Å². The first-order chi connectivity index (χ1) is 6.77. The van der Waals surface area contributed by atoms with Crippen molar-refractivity contribution < 1.29 is 4.79 Å². The van der Waals surface area contributed by atoms with Crippen LogP contribution in [0.15, 0.2) is 30.3 Å². The van der Waals surface area contributed by atoms with E-state index in [-0.39, 0.29) is 11.9 Å². The van der Waals surface area contributed by atoms with E-state index in [2.05, 4.69) is 0 Å². The number of carbonyl (C=O) groups excluding carboxylic acids is 1. The molecule has 0 aromatic heterocycles. The summed E-state index contributed by atoms with van der Waals surface area (Å²) >= 11 is 5.86. The predicted molar refractivity (Wildman–Crippen MR) is 55.9 cm³/mol. The number of nitrogens with zero attached hydrogens (tertiary/aromatic N) is 1. The third-order valence-electron chi connectivity index (χ3n) is 2.30. The Labute approximate surface area is 88.6 Å². The molecule has 2 nitrogen and oxygen atoms in total. The maximum atomic E-state index is 11.6. The Kier molecular flexibility index (Phi) is 2.73. The maximum Gasteiger partial charge on any atom is 0.241 e. The summed E-state index contributed by atoms with van der Waals surface area (Å²) in [6.07, 6.45) is 2.49. The van der Waals surface area contributed by atoms with Crippen LogP contribution >= 0.6 is 11.8 Å². The zero-order valence-corrected chi connectivity index (χ0v) is 8.57. The van der Waals surface area contributed by atoms with Crippen molar-refractivity contribution in [2.45, 2.75) is 25.3 Å². The molecule has 74 valence electrons. The zero-order valence-electron chi connectivity index (χ0n) is 7.82. The van der Waals surface area contributed by atoms with E-state index in [4.69, 9.17) is 11.8 Å². The van der Waals surface area contributed by atoms with Gasteiger partial charge >= 0.3 is 0 Å². The van der Waals surface area contributed by atoms with Crippen LogP contribution < -0.4 is 0 Å². The highest BCUT2D eigenvalue weighted by molar-refractivity contribution is 6.21. The van der Waals surface area contributed by atoms with Crippen LogP contribution in [0, 0.1) is 0 Å². The fourth-order valence-corrected chi connectivity index (χ4v) is 1.61. The molecule has 1 saturated carbocycles. The van der Waals surface area contributed by atoms with Crippen molar-refractivity contribution in [3.05, 3.63) is 35.9 Å². The van der Waals surface area contributed by atoms with Crippen LogP contribution in [0.3, 0.4) is 0 Å². The van der Waals surface area contributed by atoms with Gasteiger partial charge in [0.25, 0.3) is 0 Å². The van der Waals surface area contributed by atoms with Crippen molar-refractivity contribution >= 4 is 17.7 Å². The summed E-state index contributed by atoms with van der Waals surface area (Å²) in [5.41, 5.74) is 1.02. The molecule has 0 radical (unpaired) electrons. The minimum Gasteiger partial charge on any atom is -0.273 e. The van der Waals surface area contributed by atoms with E-state index in [1.165, 1.54) is 4.42 Å². The molecule has 0 spiro atoms. The third-order valence-corrected chi connectivity index (χ3v) is 2.77. The van der Waals surface area contributed by atoms with Gasteiger partial charge in [-0.2, -0.15) is 0 Å². The number of hydrogen-bond acceptors (Lipinski definition) is 1. The molecule has 1 aromatic rings. The zero-order chi connectivity index (χ0) is 9.97. The average molecular weight is 210 g/mol. The van der Waals surface area contributed by atoms with Gasteiger partial charge in [-0.05, 0) is 18.4 Å². The second kappa shape index (κ2) is 4.01. The summed E-state index contributed by atoms with van der Waals surface area (Å²) in [6.45, 7) is 0. The van der Waals surface area contributed by atoms with Crippen LogP contribution in [0.2, 0.25) is 0 Å². The van der Waals surface area contributed by atoms with E-state index >= 15 is 0 Å². The lowest BCUT2D eigenvalue weighted by Gasteiger charge is -2.12. The van der Waals surface area contributed by atoms with Crippen LogP contribution in [0.25, 0.3) is 0 Å². The van der Waals surface area contributed by atoms with Crippen LogP contribution in [0.1, 0.15) is 18.4 Å². The molecule has 2 rings (SSSR count). The van der Waals surface area contributed by atoms with Gasteiger partial charge in [0.1, 0.15) is 0 Å². The smallest absolute Gasteiger partial charge is 0.241 e. The molecular weight excluding hydrogens is 198 g/mol. The Bertz CT molecular complexity index is 321. The lowest BCUT2D eigenvalue weighted by molar-refractivity contribution is -0.126. The number of hydrogen-bond donors (Lipinski definition) is 0. The Hall–Kier alpha value is -1.02. The first kappa shape index (κ1) is 9.53. The molecule has 1 amide bonds. The minimum absolute atomic E-state index is 0.000340. The standard InChI is InChI=1S/C11H12ClNO/c12-13(10-6-7-10)11(14)8-9-4-2-1-3-5-9/h1-5,10H,6-8H2. The van der Waals surface area contributed by atoms with Gasteiger partial charge in [-0.3, -0.25) is 9.21 Å². The second-order valence-corrected chi connectivity index (χ2v) is 3.96. The number of amides is 1. The predicted octanol–water partition coefficient (Wildman–Crippen LogP) is 2.37. The topological polar surface area (TPSA) is 20.3 Å². The first-order valence-corrected chi connectivity index (χ1v) is 5.13. The van der Waals surface area contributed by atoms with Crippen molar-refractivity contribution in [1.82, 2.24) is 4.42 Å². The highest BCUT2D eigenvalue weighted by Gasteiger charge is 2.31. The van der Waals surface area contributed by atoms with Gasteiger partial charge < -0.3 is 0 Å². The monoisotopic (exact) mass is 209 g/mol. The molecule has 3 heteroatoms. The molecule has 1 fully saturated rings. The Morgan fingerprint density at radius 1 is 1.36 bits per heavy atom. The number of halogens is 1. The van der Waals surface area contributed by atoms with Crippen molar-refractivity contribution in [2.75, 3.05) is 0 Å². The van der Waals surface area contributed by atoms with Crippen LogP contribution in [-0.4, -0.2) is 16.4 Å². The third kappa shape index (κ3) is 2.26. The quantitative estimate of drug-likeness (QED) is 0.700. The van der Waals surface area contributed by atoms with Crippen molar-refractivity contribution in [3.8, 4) is 0 Å². The normalized spacial score (nSPS) is 15.2. The van der Waals surface area contributed by atoms with Gasteiger partial charge in [0.15, 0.2) is 0 Å². The first-order valence-electron chi connectivity index (χ1n) is 4.79. The summed E-state index contributed by atoms with van der Waals surface area (Å²) in [6, 6.07) is 9.96. The molecule has 1 aliphatic rings. The number of rotatable bonds is 3. The Balaban J connectivity index is 1.94. The van der Waals surface area contributed by atoms with Gasteiger partial charge in [-0.1, -0.05) is 30.3 Å². The van der Waals surface area contributed by atoms with E-state index in [1.54, 1.807) is 0 Å². The second-order valence-electron chi connectivity index (χ2n) is 3.60. The number of carbonyl (C=O) groups is 1. The maximum absolute atomic E-state index is 11.6. The van der Waals surface area contributed by atoms with E-state index in [9.17, 15) is 4.79 Å². The van der Waals surface area contributed by atoms with E-state index in [0.29, 0.717) is 6.42 Å². The van der Waals surface area contributed by atoms with Crippen LogP contribution in [-0.2, 0) is 11.2 Å². The van der Waals surface area contributed by atoms with E-state index in [1.807, 2.05) is 30.3 Å². The molecule has 1 aromatic carbocycles. The molecule has 0 unspecified atom stereocenters. The summed E-state index contributed by atoms with van der Waals surface area (Å²) in [4.78, 5) is 11.6. The van der Waals surface area contributed by atoms with Crippen LogP contribution in [0.5, 0.6) is 0 Å². The summed E-state index contributed by atoms with van der Waals surface area (Å²) < 4.78 is 1.35. The van der Waals surface area contributed by atoms with Gasteiger partial charge in [0.2, 0.25) is 5.91 Å². The van der Waals surface area contributed by atoms with Gasteiger partial charge in [0.05, 0.1) is 6.42 Å². The van der Waals surface area contributed by atoms with Gasteiger partial charge in [-0.25, -0.2) is 0 Å². The lowest BCUT2D eigenvalue weighted by atomic mass is 10.1. The largest absolute Gasteiger partial charge is 0.273 e. The van der Waals surface area contributed by atoms with Gasteiger partial charge in [0, 0.05) is 17.8 Å². The minimum atomic E-state index is 0.000340. The van der Waals surface area contributed by atoms with E-state index < -0.39 is 0 Å². The molecule has 1 aliphatic carbocycles. The fourth-order valence-electron chi connectivity index (χ4n) is 1.35. The SMILES string of the molecule is O=C(Cc1ccccc1)N(Cl)C1CC1. The average Bonchev–Trinajstić information content (AvgIpc) is 3.01. The highest BCUT2D eigenvalue weighted by atomic mass is 35.5. The number of benzene rings is 1. The fraction of sp³-hybridized carbons (Fsp3) is 0.364. The van der Waals surface area contributed by atoms with Crippen molar-refractivity contribution in [1.29, 1.82) is 0 Å². The summed E-state index contributed by atoms with van der Waals surface area (Å²) in [5.74, 6) is 0.000340. The van der Waals surface area contributed by atoms with Crippen molar-refractivity contribution in [2.24, 2.45) is 0 Å². The van der Waals surface area contributed by atoms with Gasteiger partial charge in [-0.15, -0.1) is 0 Å². The molecule has 0 aliphatic heterocycles. The Morgan fingerprint density at radius 2 is 2.00 bits per heavy atom. The summed E-state index contributed by atoms with van der Waals surface area (Å²) in [7, 11) is 0. The summed E-state index contributed by atoms with van der Waals surface area (Å²) in [5, 5.41) is 0. The molecular formula is C11H12ClNO. The molecule has 0 N–H and O–H groups in total. The lowest BCUT2D eigenvalue weighted by Crippen LogP contribution is -2.25. The molecule has 0 bridgehead atoms. The molecule has 0 atom stereocenters.